The van der Waals surface area contributed by atoms with Crippen molar-refractivity contribution in [2.45, 2.75) is 0 Å². The van der Waals surface area contributed by atoms with Crippen molar-refractivity contribution in [3.8, 4) is 0 Å². The van der Waals surface area contributed by atoms with E-state index in [9.17, 15) is 0 Å². The Labute approximate surface area is 58.6 Å². The molecule has 0 spiro atoms. The minimum Gasteiger partial charge on any atom is -0.287 e. The second kappa shape index (κ2) is 2.23. The number of nitrogens with zero attached hydrogens (tertiary/aromatic N) is 1. The van der Waals surface area contributed by atoms with Gasteiger partial charge in [-0.05, 0) is 27.9 Å². The van der Waals surface area contributed by atoms with E-state index >= 15 is 0 Å². The Hall–Kier alpha value is 0.570. The topological polar surface area (TPSA) is 12.4 Å². The summed E-state index contributed by atoms with van der Waals surface area (Å²) in [7, 11) is 2.66. The first-order valence-corrected chi connectivity index (χ1v) is 3.60. The molecule has 1 aliphatic heterocycles. The van der Waals surface area contributed by atoms with E-state index < -0.39 is 0 Å². The molecule has 0 amide bonds. The van der Waals surface area contributed by atoms with E-state index in [1.54, 1.807) is 0 Å². The van der Waals surface area contributed by atoms with Gasteiger partial charge in [0.1, 0.15) is 0 Å². The molecule has 0 aromatic heterocycles. The molecule has 1 atom stereocenters. The number of hydrogen-bond acceptors (Lipinski definition) is 1. The predicted octanol–water partition coefficient (Wildman–Crippen LogP) is 1.59. The van der Waals surface area contributed by atoms with Crippen molar-refractivity contribution in [2.24, 2.45) is 4.99 Å². The Balaban J connectivity index is 2.79. The van der Waals surface area contributed by atoms with Crippen molar-refractivity contribution in [1.82, 2.24) is 0 Å². The number of rotatable bonds is 0. The molecule has 3 heteroatoms. The van der Waals surface area contributed by atoms with E-state index in [-0.39, 0.29) is 0 Å². The lowest BCUT2D eigenvalue weighted by Crippen LogP contribution is -1.68. The van der Waals surface area contributed by atoms with Gasteiger partial charge < -0.3 is 0 Å². The smallest absolute Gasteiger partial charge is 0.0650 e. The summed E-state index contributed by atoms with van der Waals surface area (Å²) in [5, 5.41) is 1.31. The van der Waals surface area contributed by atoms with Crippen LogP contribution in [-0.2, 0) is 0 Å². The Morgan fingerprint density at radius 3 is 2.71 bits per heavy atom. The van der Waals surface area contributed by atoms with Crippen molar-refractivity contribution >= 4 is 38.0 Å². The lowest BCUT2D eigenvalue weighted by atomic mass is 10.6. The summed E-state index contributed by atoms with van der Waals surface area (Å²) < 4.78 is 1.27. The molecule has 1 unspecified atom stereocenters. The molecule has 0 saturated heterocycles. The van der Waals surface area contributed by atoms with Crippen molar-refractivity contribution in [3.63, 3.8) is 0 Å². The SMILES string of the molecule is PC1=C(I)C=NC1. The van der Waals surface area contributed by atoms with E-state index in [4.69, 9.17) is 0 Å². The first-order valence-electron chi connectivity index (χ1n) is 1.94. The molecule has 0 fully saturated rings. The highest BCUT2D eigenvalue weighted by atomic mass is 127. The van der Waals surface area contributed by atoms with Crippen LogP contribution >= 0.6 is 31.8 Å². The lowest BCUT2D eigenvalue weighted by Gasteiger charge is -1.83. The molecule has 0 aliphatic carbocycles. The van der Waals surface area contributed by atoms with Gasteiger partial charge in [0.15, 0.2) is 0 Å². The minimum atomic E-state index is 0.878. The molecule has 7 heavy (non-hydrogen) atoms. The molecule has 1 aliphatic rings. The van der Waals surface area contributed by atoms with Gasteiger partial charge in [-0.1, -0.05) is 0 Å². The summed E-state index contributed by atoms with van der Waals surface area (Å²) in [6.07, 6.45) is 1.89. The van der Waals surface area contributed by atoms with Crippen LogP contribution in [0.3, 0.4) is 0 Å². The zero-order valence-electron chi connectivity index (χ0n) is 3.69. The summed E-state index contributed by atoms with van der Waals surface area (Å²) in [6, 6.07) is 0. The van der Waals surface area contributed by atoms with Crippen LogP contribution in [-0.4, -0.2) is 12.8 Å². The van der Waals surface area contributed by atoms with Crippen LogP contribution in [0.15, 0.2) is 13.9 Å². The highest BCUT2D eigenvalue weighted by molar-refractivity contribution is 14.1. The van der Waals surface area contributed by atoms with E-state index in [0.717, 1.165) is 6.54 Å². The summed E-state index contributed by atoms with van der Waals surface area (Å²) in [5.74, 6) is 0. The Morgan fingerprint density at radius 2 is 2.57 bits per heavy atom. The first-order chi connectivity index (χ1) is 3.30. The Bertz CT molecular complexity index is 139. The highest BCUT2D eigenvalue weighted by Gasteiger charge is 1.99. The molecule has 0 saturated carbocycles. The second-order valence-electron chi connectivity index (χ2n) is 1.34. The van der Waals surface area contributed by atoms with Crippen LogP contribution in [0.1, 0.15) is 0 Å². The molecule has 0 radical (unpaired) electrons. The van der Waals surface area contributed by atoms with Crippen LogP contribution < -0.4 is 0 Å². The number of halogens is 1. The largest absolute Gasteiger partial charge is 0.287 e. The normalized spacial score (nSPS) is 19.1. The minimum absolute atomic E-state index is 0.878. The molecule has 1 nitrogen and oxygen atoms in total. The van der Waals surface area contributed by atoms with Gasteiger partial charge in [-0.15, -0.1) is 9.24 Å². The van der Waals surface area contributed by atoms with E-state index in [0.29, 0.717) is 0 Å². The Morgan fingerprint density at radius 1 is 1.86 bits per heavy atom. The number of allylic oxidation sites excluding steroid dienone is 1. The van der Waals surface area contributed by atoms with E-state index in [1.165, 1.54) is 8.89 Å². The Kier molecular flexibility index (Phi) is 1.81. The first kappa shape index (κ1) is 5.70. The van der Waals surface area contributed by atoms with Crippen molar-refractivity contribution in [1.29, 1.82) is 0 Å². The zero-order chi connectivity index (χ0) is 5.28. The fourth-order valence-corrected chi connectivity index (χ4v) is 0.930. The number of aliphatic imine (C=N–C) groups is 1. The van der Waals surface area contributed by atoms with Crippen molar-refractivity contribution in [2.75, 3.05) is 6.54 Å². The third-order valence-electron chi connectivity index (χ3n) is 0.773. The summed E-state index contributed by atoms with van der Waals surface area (Å²) >= 11 is 2.27. The quantitative estimate of drug-likeness (QED) is 0.438. The van der Waals surface area contributed by atoms with Crippen LogP contribution in [0.2, 0.25) is 0 Å². The zero-order valence-corrected chi connectivity index (χ0v) is 7.00. The molecule has 0 aromatic rings. The predicted molar refractivity (Wildman–Crippen MR) is 44.1 cm³/mol. The monoisotopic (exact) mass is 225 g/mol. The molecule has 0 N–H and O–H groups in total. The van der Waals surface area contributed by atoms with Gasteiger partial charge in [0, 0.05) is 9.79 Å². The maximum absolute atomic E-state index is 4.02. The van der Waals surface area contributed by atoms with E-state index in [1.807, 2.05) is 6.21 Å². The van der Waals surface area contributed by atoms with Crippen molar-refractivity contribution in [3.05, 3.63) is 8.89 Å². The fraction of sp³-hybridized carbons (Fsp3) is 0.250. The molecule has 1 heterocycles. The second-order valence-corrected chi connectivity index (χ2v) is 3.20. The highest BCUT2D eigenvalue weighted by Crippen LogP contribution is 2.20. The lowest BCUT2D eigenvalue weighted by molar-refractivity contribution is 1.27. The van der Waals surface area contributed by atoms with Crippen molar-refractivity contribution < 1.29 is 0 Å². The fourth-order valence-electron chi connectivity index (χ4n) is 0.383. The molecule has 38 valence electrons. The number of hydrogen-bond donors (Lipinski definition) is 0. The van der Waals surface area contributed by atoms with Gasteiger partial charge in [0.05, 0.1) is 6.54 Å². The van der Waals surface area contributed by atoms with Gasteiger partial charge in [0.2, 0.25) is 0 Å². The van der Waals surface area contributed by atoms with Gasteiger partial charge >= 0.3 is 0 Å². The van der Waals surface area contributed by atoms with Gasteiger partial charge in [-0.25, -0.2) is 0 Å². The molecule has 1 rings (SSSR count). The van der Waals surface area contributed by atoms with Gasteiger partial charge in [-0.2, -0.15) is 0 Å². The van der Waals surface area contributed by atoms with Gasteiger partial charge in [0.25, 0.3) is 0 Å². The van der Waals surface area contributed by atoms with Gasteiger partial charge in [-0.3, -0.25) is 4.99 Å². The average molecular weight is 225 g/mol. The maximum Gasteiger partial charge on any atom is 0.0650 e. The molecule has 0 aromatic carbocycles. The summed E-state index contributed by atoms with van der Waals surface area (Å²) in [5.41, 5.74) is 0. The van der Waals surface area contributed by atoms with Crippen LogP contribution in [0.5, 0.6) is 0 Å². The van der Waals surface area contributed by atoms with Crippen LogP contribution in [0.4, 0.5) is 0 Å². The maximum atomic E-state index is 4.02. The van der Waals surface area contributed by atoms with E-state index in [2.05, 4.69) is 36.8 Å². The van der Waals surface area contributed by atoms with Crippen LogP contribution in [0.25, 0.3) is 0 Å². The average Bonchev–Trinajstić information content (AvgIpc) is 1.91. The van der Waals surface area contributed by atoms with Crippen LogP contribution in [0, 0.1) is 0 Å². The third kappa shape index (κ3) is 1.23. The molecular weight excluding hydrogens is 220 g/mol. The molecular formula is C4H5INP. The summed E-state index contributed by atoms with van der Waals surface area (Å²) in [6.45, 7) is 0.878. The third-order valence-corrected chi connectivity index (χ3v) is 2.83. The molecule has 0 bridgehead atoms. The summed E-state index contributed by atoms with van der Waals surface area (Å²) in [4.78, 5) is 4.02. The standard InChI is InChI=1S/C4H5INP/c5-3-1-6-2-4(3)7/h1H,2,7H2.